The molecule has 0 aliphatic rings. The van der Waals surface area contributed by atoms with Crippen molar-refractivity contribution in [2.75, 3.05) is 11.9 Å². The molecule has 3 heteroatoms. The van der Waals surface area contributed by atoms with Crippen molar-refractivity contribution in [3.05, 3.63) is 53.2 Å². The smallest absolute Gasteiger partial charge is 0.132 e. The van der Waals surface area contributed by atoms with E-state index >= 15 is 0 Å². The molecular weight excluding hydrogens is 224 g/mol. The number of aromatic nitrogens is 1. The topological polar surface area (TPSA) is 36.4 Å². The van der Waals surface area contributed by atoms with E-state index in [2.05, 4.69) is 37.0 Å². The summed E-state index contributed by atoms with van der Waals surface area (Å²) in [6.45, 7) is 4.21. The van der Waals surface area contributed by atoms with Gasteiger partial charge in [0.15, 0.2) is 0 Å². The highest BCUT2D eigenvalue weighted by Gasteiger charge is 2.06. The third-order valence-corrected chi connectivity index (χ3v) is 2.93. The van der Waals surface area contributed by atoms with Crippen molar-refractivity contribution in [3.8, 4) is 0 Å². The molecule has 0 bridgehead atoms. The van der Waals surface area contributed by atoms with Crippen molar-refractivity contribution in [1.82, 2.24) is 4.98 Å². The Bertz CT molecular complexity index is 514. The van der Waals surface area contributed by atoms with Gasteiger partial charge in [-0.3, -0.25) is 0 Å². The van der Waals surface area contributed by atoms with Crippen LogP contribution in [0.25, 0.3) is 0 Å². The number of hydrogen-bond donors (Lipinski definition) is 1. The van der Waals surface area contributed by atoms with Crippen molar-refractivity contribution >= 4 is 11.5 Å². The van der Waals surface area contributed by atoms with Crippen molar-refractivity contribution in [1.29, 1.82) is 0 Å². The van der Waals surface area contributed by atoms with Crippen LogP contribution in [0.3, 0.4) is 0 Å². The van der Waals surface area contributed by atoms with E-state index in [1.807, 2.05) is 24.1 Å². The van der Waals surface area contributed by atoms with E-state index in [4.69, 9.17) is 5.11 Å². The zero-order chi connectivity index (χ0) is 13.1. The Kier molecular flexibility index (Phi) is 3.63. The molecule has 1 N–H and O–H groups in total. The highest BCUT2D eigenvalue weighted by atomic mass is 16.3. The molecule has 94 valence electrons. The fourth-order valence-electron chi connectivity index (χ4n) is 1.99. The average molecular weight is 242 g/mol. The quantitative estimate of drug-likeness (QED) is 0.899. The van der Waals surface area contributed by atoms with Crippen molar-refractivity contribution in [2.45, 2.75) is 20.5 Å². The van der Waals surface area contributed by atoms with Gasteiger partial charge in [-0.1, -0.05) is 12.1 Å². The second-order valence-electron chi connectivity index (χ2n) is 4.59. The third-order valence-electron chi connectivity index (χ3n) is 2.93. The maximum atomic E-state index is 9.00. The molecule has 0 unspecified atom stereocenters. The number of nitrogens with zero attached hydrogens (tertiary/aromatic N) is 2. The van der Waals surface area contributed by atoms with Gasteiger partial charge in [0, 0.05) is 18.9 Å². The van der Waals surface area contributed by atoms with Gasteiger partial charge in [0.2, 0.25) is 0 Å². The molecule has 0 fully saturated rings. The van der Waals surface area contributed by atoms with Gasteiger partial charge in [0.25, 0.3) is 0 Å². The molecule has 3 nitrogen and oxygen atoms in total. The molecule has 0 spiro atoms. The first kappa shape index (κ1) is 12.6. The van der Waals surface area contributed by atoms with E-state index in [9.17, 15) is 0 Å². The Morgan fingerprint density at radius 2 is 1.78 bits per heavy atom. The molecule has 18 heavy (non-hydrogen) atoms. The second-order valence-corrected chi connectivity index (χ2v) is 4.59. The summed E-state index contributed by atoms with van der Waals surface area (Å²) in [5.74, 6) is 0.872. The zero-order valence-corrected chi connectivity index (χ0v) is 11.0. The first-order valence-corrected chi connectivity index (χ1v) is 5.98. The van der Waals surface area contributed by atoms with Crippen LogP contribution in [0.15, 0.2) is 36.5 Å². The van der Waals surface area contributed by atoms with E-state index in [-0.39, 0.29) is 6.61 Å². The number of benzene rings is 1. The maximum Gasteiger partial charge on any atom is 0.132 e. The van der Waals surface area contributed by atoms with Crippen LogP contribution in [-0.4, -0.2) is 17.1 Å². The first-order valence-electron chi connectivity index (χ1n) is 5.98. The molecule has 2 rings (SSSR count). The Morgan fingerprint density at radius 3 is 2.28 bits per heavy atom. The van der Waals surface area contributed by atoms with Gasteiger partial charge >= 0.3 is 0 Å². The molecule has 0 aliphatic heterocycles. The molecule has 0 aliphatic carbocycles. The number of aliphatic hydroxyl groups excluding tert-OH is 1. The van der Waals surface area contributed by atoms with E-state index < -0.39 is 0 Å². The van der Waals surface area contributed by atoms with Crippen LogP contribution in [-0.2, 0) is 6.61 Å². The number of anilines is 2. The van der Waals surface area contributed by atoms with Crippen molar-refractivity contribution in [2.24, 2.45) is 0 Å². The maximum absolute atomic E-state index is 9.00. The molecule has 2 aromatic rings. The highest BCUT2D eigenvalue weighted by Crippen LogP contribution is 2.24. The third kappa shape index (κ3) is 2.68. The minimum Gasteiger partial charge on any atom is -0.392 e. The standard InChI is InChI=1S/C15H18N2O/c1-11-6-12(2)8-14(7-11)17(3)15-5-4-13(10-18)9-16-15/h4-9,18H,10H2,1-3H3. The molecule has 1 heterocycles. The summed E-state index contributed by atoms with van der Waals surface area (Å²) < 4.78 is 0. The van der Waals surface area contributed by atoms with Crippen LogP contribution >= 0.6 is 0 Å². The van der Waals surface area contributed by atoms with Crippen LogP contribution in [0.5, 0.6) is 0 Å². The van der Waals surface area contributed by atoms with Crippen molar-refractivity contribution in [3.63, 3.8) is 0 Å². The Morgan fingerprint density at radius 1 is 1.11 bits per heavy atom. The number of hydrogen-bond acceptors (Lipinski definition) is 3. The predicted molar refractivity (Wildman–Crippen MR) is 74.1 cm³/mol. The first-order chi connectivity index (χ1) is 8.60. The molecule has 0 saturated heterocycles. The lowest BCUT2D eigenvalue weighted by atomic mass is 10.1. The Labute approximate surface area is 108 Å². The summed E-state index contributed by atoms with van der Waals surface area (Å²) in [6.07, 6.45) is 1.70. The minimum absolute atomic E-state index is 0.0283. The monoisotopic (exact) mass is 242 g/mol. The molecule has 0 saturated carbocycles. The second kappa shape index (κ2) is 5.19. The molecule has 0 atom stereocenters. The predicted octanol–water partition coefficient (Wildman–Crippen LogP) is 2.96. The lowest BCUT2D eigenvalue weighted by Gasteiger charge is -2.19. The Hall–Kier alpha value is -1.87. The number of aliphatic hydroxyl groups is 1. The van der Waals surface area contributed by atoms with E-state index in [1.165, 1.54) is 11.1 Å². The van der Waals surface area contributed by atoms with E-state index in [0.29, 0.717) is 0 Å². The normalized spacial score (nSPS) is 10.4. The Balaban J connectivity index is 2.31. The molecule has 1 aromatic carbocycles. The van der Waals surface area contributed by atoms with Gasteiger partial charge in [-0.25, -0.2) is 4.98 Å². The fourth-order valence-corrected chi connectivity index (χ4v) is 1.99. The molecule has 0 amide bonds. The van der Waals surface area contributed by atoms with Crippen LogP contribution in [0.2, 0.25) is 0 Å². The summed E-state index contributed by atoms with van der Waals surface area (Å²) in [4.78, 5) is 6.39. The fraction of sp³-hybridized carbons (Fsp3) is 0.267. The van der Waals surface area contributed by atoms with Gasteiger partial charge in [0.05, 0.1) is 6.61 Å². The van der Waals surface area contributed by atoms with Crippen LogP contribution in [0.1, 0.15) is 16.7 Å². The van der Waals surface area contributed by atoms with Gasteiger partial charge in [-0.05, 0) is 48.7 Å². The largest absolute Gasteiger partial charge is 0.392 e. The summed E-state index contributed by atoms with van der Waals surface area (Å²) in [7, 11) is 2.00. The van der Waals surface area contributed by atoms with Crippen molar-refractivity contribution < 1.29 is 5.11 Å². The van der Waals surface area contributed by atoms with Crippen LogP contribution in [0, 0.1) is 13.8 Å². The van der Waals surface area contributed by atoms with Crippen LogP contribution < -0.4 is 4.90 Å². The molecule has 1 aromatic heterocycles. The number of rotatable bonds is 3. The average Bonchev–Trinajstić information content (AvgIpc) is 2.37. The summed E-state index contributed by atoms with van der Waals surface area (Å²) in [6, 6.07) is 10.2. The SMILES string of the molecule is Cc1cc(C)cc(N(C)c2ccc(CO)cn2)c1. The summed E-state index contributed by atoms with van der Waals surface area (Å²) >= 11 is 0. The van der Waals surface area contributed by atoms with Gasteiger partial charge in [0.1, 0.15) is 5.82 Å². The minimum atomic E-state index is 0.0283. The summed E-state index contributed by atoms with van der Waals surface area (Å²) in [5.41, 5.74) is 4.43. The summed E-state index contributed by atoms with van der Waals surface area (Å²) in [5, 5.41) is 9.00. The highest BCUT2D eigenvalue weighted by molar-refractivity contribution is 5.61. The number of aryl methyl sites for hydroxylation is 2. The van der Waals surface area contributed by atoms with Gasteiger partial charge in [-0.2, -0.15) is 0 Å². The lowest BCUT2D eigenvalue weighted by molar-refractivity contribution is 0.281. The van der Waals surface area contributed by atoms with E-state index in [1.54, 1.807) is 6.20 Å². The lowest BCUT2D eigenvalue weighted by Crippen LogP contribution is -2.11. The molecule has 0 radical (unpaired) electrons. The number of pyridine rings is 1. The van der Waals surface area contributed by atoms with Gasteiger partial charge < -0.3 is 10.0 Å². The van der Waals surface area contributed by atoms with E-state index in [0.717, 1.165) is 17.1 Å². The van der Waals surface area contributed by atoms with Gasteiger partial charge in [-0.15, -0.1) is 0 Å². The zero-order valence-electron chi connectivity index (χ0n) is 11.0. The van der Waals surface area contributed by atoms with Crippen LogP contribution in [0.4, 0.5) is 11.5 Å². The molecular formula is C15H18N2O.